The summed E-state index contributed by atoms with van der Waals surface area (Å²) in [5.74, 6) is 3.95. The Labute approximate surface area is 416 Å². The fourth-order valence-corrected chi connectivity index (χ4v) is 23.2. The van der Waals surface area contributed by atoms with Gasteiger partial charge in [-0.3, -0.25) is 0 Å². The van der Waals surface area contributed by atoms with Gasteiger partial charge < -0.3 is 24.8 Å². The summed E-state index contributed by atoms with van der Waals surface area (Å²) in [6.45, 7) is 19.8. The topological polar surface area (TPSA) is 0 Å². The predicted molar refractivity (Wildman–Crippen MR) is 269 cm³/mol. The summed E-state index contributed by atoms with van der Waals surface area (Å²) in [7, 11) is 0. The Morgan fingerprint density at radius 1 is 0.515 bits per heavy atom. The van der Waals surface area contributed by atoms with Gasteiger partial charge in [0.2, 0.25) is 0 Å². The molecular weight excluding hydrogens is 919 g/mol. The molecule has 4 fully saturated rings. The van der Waals surface area contributed by atoms with Gasteiger partial charge in [-0.1, -0.05) is 0 Å². The largest absolute Gasteiger partial charge is 1.00 e. The zero-order chi connectivity index (χ0) is 44.1. The molecule has 0 heterocycles. The van der Waals surface area contributed by atoms with E-state index in [0.717, 1.165) is 23.7 Å². The second-order valence-electron chi connectivity index (χ2n) is 22.8. The second kappa shape index (κ2) is 17.9. The molecule has 4 saturated carbocycles. The first-order chi connectivity index (χ1) is 30.8. The van der Waals surface area contributed by atoms with Crippen molar-refractivity contribution in [1.82, 2.24) is 0 Å². The van der Waals surface area contributed by atoms with Crippen molar-refractivity contribution in [3.8, 4) is 33.4 Å². The molecule has 0 aromatic heterocycles. The molecule has 6 aliphatic carbocycles. The third-order valence-corrected chi connectivity index (χ3v) is 25.5. The van der Waals surface area contributed by atoms with Crippen molar-refractivity contribution in [1.29, 1.82) is 0 Å². The van der Waals surface area contributed by atoms with Gasteiger partial charge in [-0.15, -0.1) is 0 Å². The van der Waals surface area contributed by atoms with Crippen LogP contribution in [0.15, 0.2) is 167 Å². The van der Waals surface area contributed by atoms with E-state index in [1.165, 1.54) is 87.7 Å². The van der Waals surface area contributed by atoms with E-state index in [1.807, 2.05) is 0 Å². The Kier molecular flexibility index (Phi) is 12.8. The van der Waals surface area contributed by atoms with E-state index in [-0.39, 0.29) is 44.7 Å². The maximum atomic E-state index is 2.88. The molecule has 4 bridgehead atoms. The van der Waals surface area contributed by atoms with Crippen LogP contribution >= 0.6 is 0 Å². The fourth-order valence-electron chi connectivity index (χ4n) is 13.8. The standard InChI is InChI=1S/C33H33.C17H23.C13H10.2ClH.Zr/c1-32(2,3)30-20-26-24(18-28(30)22-13-9-7-10-14-22)17-25-19-29(23-15-11-8-12-16-23)31(21-27(25)26)33(4,5)6;1-11-3-4-14(5-11)17(2)15-7-12-6-13(9-15)10-16(17)8-12;1-3-7-12(8-4-1)11-13-9-5-2-6-10-13;;;/h7-21H,1-6H3;4-5,11-13,15-16H,6-10H2,1-2H3;1-10H;2*1H;/q;;;;;+2/p-2. The molecule has 12 rings (SSSR count). The van der Waals surface area contributed by atoms with Gasteiger partial charge in [0, 0.05) is 0 Å². The van der Waals surface area contributed by atoms with E-state index < -0.39 is 21.3 Å². The minimum absolute atomic E-state index is 0. The van der Waals surface area contributed by atoms with E-state index in [4.69, 9.17) is 0 Å². The van der Waals surface area contributed by atoms with Crippen molar-refractivity contribution in [2.75, 3.05) is 0 Å². The van der Waals surface area contributed by atoms with Crippen molar-refractivity contribution < 1.29 is 46.1 Å². The van der Waals surface area contributed by atoms with E-state index in [2.05, 4.69) is 213 Å². The van der Waals surface area contributed by atoms with Crippen LogP contribution in [-0.4, -0.2) is 3.21 Å². The summed E-state index contributed by atoms with van der Waals surface area (Å²) < 4.78 is 3.70. The third kappa shape index (κ3) is 8.00. The number of hydrogen-bond donors (Lipinski definition) is 0. The first-order valence-electron chi connectivity index (χ1n) is 24.5. The average molecular weight is 985 g/mol. The molecule has 0 aliphatic heterocycles. The summed E-state index contributed by atoms with van der Waals surface area (Å²) in [4.78, 5) is 0. The Balaban J connectivity index is 0.00000274. The molecule has 336 valence electrons. The molecule has 1 unspecified atom stereocenters. The summed E-state index contributed by atoms with van der Waals surface area (Å²) in [5, 5.41) is 0. The van der Waals surface area contributed by atoms with Crippen LogP contribution in [0.1, 0.15) is 125 Å². The van der Waals surface area contributed by atoms with Gasteiger partial charge in [0.25, 0.3) is 0 Å². The summed E-state index contributed by atoms with van der Waals surface area (Å²) in [5.41, 5.74) is 19.0. The van der Waals surface area contributed by atoms with Gasteiger partial charge in [0.05, 0.1) is 0 Å². The minimum atomic E-state index is -3.17. The molecule has 0 saturated heterocycles. The summed E-state index contributed by atoms with van der Waals surface area (Å²) in [6, 6.07) is 56.6. The molecule has 0 N–H and O–H groups in total. The number of hydrogen-bond acceptors (Lipinski definition) is 0. The van der Waals surface area contributed by atoms with Crippen LogP contribution in [0.5, 0.6) is 0 Å². The van der Waals surface area contributed by atoms with Crippen molar-refractivity contribution in [3.63, 3.8) is 0 Å². The molecule has 1 atom stereocenters. The molecule has 0 amide bonds. The Morgan fingerprint density at radius 3 is 1.30 bits per heavy atom. The molecular formula is C63H66Cl2Zr. The van der Waals surface area contributed by atoms with Gasteiger partial charge in [-0.05, 0) is 0 Å². The maximum absolute atomic E-state index is 3.17. The molecule has 3 heteroatoms. The van der Waals surface area contributed by atoms with E-state index in [0.29, 0.717) is 5.92 Å². The van der Waals surface area contributed by atoms with E-state index >= 15 is 0 Å². The van der Waals surface area contributed by atoms with Crippen LogP contribution in [0.4, 0.5) is 0 Å². The van der Waals surface area contributed by atoms with Gasteiger partial charge in [-0.25, -0.2) is 0 Å². The Morgan fingerprint density at radius 2 is 0.909 bits per heavy atom. The summed E-state index contributed by atoms with van der Waals surface area (Å²) in [6.07, 6.45) is 12.9. The van der Waals surface area contributed by atoms with Gasteiger partial charge in [-0.2, -0.15) is 0 Å². The SMILES string of the molecule is CC1C=C(C2(C)C3CC4CC(C3)CC2C4)C=[C]1[Zr+2](=[C](c1ccccc1)c1ccccc1)[CH]1c2cc(-c3ccccc3)c(C(C)(C)C)cc2-c2cc(C(C)(C)C)c(-c3ccccc3)cc21.[Cl-].[Cl-]. The van der Waals surface area contributed by atoms with Crippen molar-refractivity contribution in [2.24, 2.45) is 35.0 Å². The summed E-state index contributed by atoms with van der Waals surface area (Å²) >= 11 is -3.17. The van der Waals surface area contributed by atoms with E-state index in [9.17, 15) is 0 Å². The zero-order valence-corrected chi connectivity index (χ0v) is 44.2. The molecule has 0 spiro atoms. The van der Waals surface area contributed by atoms with Crippen LogP contribution in [0, 0.1) is 35.0 Å². The molecule has 66 heavy (non-hydrogen) atoms. The Bertz CT molecular complexity index is 2680. The van der Waals surface area contributed by atoms with E-state index in [1.54, 1.807) is 23.2 Å². The van der Waals surface area contributed by atoms with Gasteiger partial charge in [0.15, 0.2) is 0 Å². The Hall–Kier alpha value is -3.87. The smallest absolute Gasteiger partial charge is 1.00 e. The third-order valence-electron chi connectivity index (χ3n) is 16.8. The number of allylic oxidation sites excluding steroid dienone is 4. The van der Waals surface area contributed by atoms with Crippen LogP contribution in [0.3, 0.4) is 0 Å². The molecule has 0 radical (unpaired) electrons. The number of rotatable bonds is 7. The van der Waals surface area contributed by atoms with Gasteiger partial charge >= 0.3 is 395 Å². The van der Waals surface area contributed by atoms with Crippen LogP contribution < -0.4 is 24.8 Å². The van der Waals surface area contributed by atoms with Crippen molar-refractivity contribution in [2.45, 2.75) is 102 Å². The normalized spacial score (nSPS) is 23.7. The minimum Gasteiger partial charge on any atom is -1.00 e. The van der Waals surface area contributed by atoms with Crippen molar-refractivity contribution >= 4 is 3.21 Å². The predicted octanol–water partition coefficient (Wildman–Crippen LogP) is 10.5. The molecule has 6 aliphatic rings. The van der Waals surface area contributed by atoms with Crippen LogP contribution in [0.2, 0.25) is 0 Å². The van der Waals surface area contributed by atoms with Crippen molar-refractivity contribution in [3.05, 3.63) is 200 Å². The average Bonchev–Trinajstić information content (AvgIpc) is 3.83. The number of fused-ring (bicyclic) bond motifs is 3. The molecule has 6 aromatic carbocycles. The maximum Gasteiger partial charge on any atom is -1.00 e. The number of benzene rings is 6. The quantitative estimate of drug-likeness (QED) is 0.150. The van der Waals surface area contributed by atoms with Crippen LogP contribution in [-0.2, 0) is 32.1 Å². The second-order valence-corrected chi connectivity index (χ2v) is 28.9. The first kappa shape index (κ1) is 47.2. The first-order valence-corrected chi connectivity index (χ1v) is 28.4. The number of halogens is 2. The van der Waals surface area contributed by atoms with Crippen LogP contribution in [0.25, 0.3) is 33.4 Å². The monoisotopic (exact) mass is 982 g/mol. The molecule has 6 aromatic rings. The molecule has 0 nitrogen and oxygen atoms in total. The zero-order valence-electron chi connectivity index (χ0n) is 40.3. The van der Waals surface area contributed by atoms with Gasteiger partial charge in [0.1, 0.15) is 0 Å². The fraction of sp³-hybridized carbons (Fsp3) is 0.349.